The lowest BCUT2D eigenvalue weighted by Crippen LogP contribution is -2.08. The summed E-state index contributed by atoms with van der Waals surface area (Å²) in [5.41, 5.74) is 2.05. The number of unbranched alkanes of at least 4 members (excludes halogenated alkanes) is 26. The quantitative estimate of drug-likeness (QED) is 0.0205. The number of carbonyl (C=O) groups excluding carboxylic acids is 2. The Kier molecular flexibility index (Phi) is 26.4. The minimum atomic E-state index is -0.476. The molecule has 74 heavy (non-hydrogen) atoms. The Morgan fingerprint density at radius 1 is 0.324 bits per heavy atom. The van der Waals surface area contributed by atoms with Crippen LogP contribution in [-0.4, -0.2) is 45.5 Å². The first kappa shape index (κ1) is 57.0. The van der Waals surface area contributed by atoms with Gasteiger partial charge < -0.3 is 27.8 Å². The van der Waals surface area contributed by atoms with Crippen LogP contribution in [0, 0.1) is 0 Å². The van der Waals surface area contributed by atoms with Crippen LogP contribution in [0.2, 0.25) is 0 Å². The molecule has 0 unspecified atom stereocenters. The lowest BCUT2D eigenvalue weighted by atomic mass is 10.0. The maximum atomic E-state index is 12.9. The second kappa shape index (κ2) is 34.2. The summed E-state index contributed by atoms with van der Waals surface area (Å²) in [5.74, 6) is 1.76. The Morgan fingerprint density at radius 2 is 0.581 bits per heavy atom. The number of nitrogens with zero attached hydrogens (tertiary/aromatic N) is 4. The molecule has 0 spiro atoms. The van der Waals surface area contributed by atoms with E-state index in [4.69, 9.17) is 27.8 Å². The number of esters is 2. The van der Waals surface area contributed by atoms with Crippen LogP contribution in [0.15, 0.2) is 106 Å². The molecule has 2 heterocycles. The fraction of sp³-hybridized carbons (Fsp3) is 0.516. The summed E-state index contributed by atoms with van der Waals surface area (Å²) in [6.07, 6.45) is 37.0. The predicted molar refractivity (Wildman–Crippen MR) is 293 cm³/mol. The normalized spacial score (nSPS) is 11.2. The molecule has 2 aromatic heterocycles. The maximum absolute atomic E-state index is 12.9. The van der Waals surface area contributed by atoms with Gasteiger partial charge in [0, 0.05) is 11.1 Å². The molecule has 0 aliphatic heterocycles. The minimum absolute atomic E-state index is 0.0399. The highest BCUT2D eigenvalue weighted by Crippen LogP contribution is 2.29. The summed E-state index contributed by atoms with van der Waals surface area (Å²) in [5, 5.41) is 16.5. The molecule has 4 aromatic carbocycles. The zero-order valence-electron chi connectivity index (χ0n) is 44.5. The summed E-state index contributed by atoms with van der Waals surface area (Å²) >= 11 is 0. The van der Waals surface area contributed by atoms with Crippen molar-refractivity contribution in [1.82, 2.24) is 20.4 Å². The van der Waals surface area contributed by atoms with E-state index in [0.717, 1.165) is 24.3 Å². The molecule has 0 aliphatic carbocycles. The number of ether oxygens (including phenoxy) is 4. The number of hydrogen-bond donors (Lipinski definition) is 0. The third-order valence-corrected chi connectivity index (χ3v) is 13.4. The molecule has 0 amide bonds. The van der Waals surface area contributed by atoms with Gasteiger partial charge in [0.25, 0.3) is 0 Å². The molecule has 0 saturated carbocycles. The van der Waals surface area contributed by atoms with Crippen LogP contribution in [0.1, 0.15) is 214 Å². The number of aromatic nitrogens is 4. The van der Waals surface area contributed by atoms with Crippen LogP contribution in [-0.2, 0) is 0 Å². The topological polar surface area (TPSA) is 149 Å². The standard InChI is InChI=1S/C62H82N4O8/c1-3-5-7-9-11-13-15-17-19-21-23-25-27-29-47-69-53-39-35-51(36-40-53)61(67)71-55-43-31-49(32-44-55)57-63-65-59(73-57)60-66-64-58(74-60)50-33-45-56(46-34-50)72-62(68)52-37-41-54(42-38-52)70-48-30-28-26-24-22-20-18-16-14-12-10-8-6-4-2/h31-46H,3-30,47-48H2,1-2H3. The summed E-state index contributed by atoms with van der Waals surface area (Å²) in [6.45, 7) is 5.87. The second-order valence-electron chi connectivity index (χ2n) is 19.6. The molecule has 0 fully saturated rings. The Labute approximate surface area is 440 Å². The Hall–Kier alpha value is -6.30. The number of hydrogen-bond acceptors (Lipinski definition) is 12. The molecular formula is C62H82N4O8. The third-order valence-electron chi connectivity index (χ3n) is 13.4. The Morgan fingerprint density at radius 3 is 0.878 bits per heavy atom. The van der Waals surface area contributed by atoms with E-state index in [2.05, 4.69) is 34.2 Å². The summed E-state index contributed by atoms with van der Waals surface area (Å²) < 4.78 is 34.8. The molecular weight excluding hydrogens is 929 g/mol. The van der Waals surface area contributed by atoms with Gasteiger partial charge in [-0.25, -0.2) is 9.59 Å². The lowest BCUT2D eigenvalue weighted by molar-refractivity contribution is 0.0725. The first-order valence-corrected chi connectivity index (χ1v) is 28.3. The van der Waals surface area contributed by atoms with Crippen molar-refractivity contribution >= 4 is 11.9 Å². The molecule has 0 aliphatic rings. The van der Waals surface area contributed by atoms with Crippen LogP contribution in [0.5, 0.6) is 23.0 Å². The smallest absolute Gasteiger partial charge is 0.343 e. The van der Waals surface area contributed by atoms with Crippen molar-refractivity contribution in [3.63, 3.8) is 0 Å². The van der Waals surface area contributed by atoms with Crippen molar-refractivity contribution in [2.75, 3.05) is 13.2 Å². The van der Waals surface area contributed by atoms with E-state index in [1.165, 1.54) is 167 Å². The predicted octanol–water partition coefficient (Wildman–Crippen LogP) is 17.6. The molecule has 0 bridgehead atoms. The maximum Gasteiger partial charge on any atom is 0.343 e. The van der Waals surface area contributed by atoms with Crippen molar-refractivity contribution in [3.05, 3.63) is 108 Å². The van der Waals surface area contributed by atoms with E-state index in [1.807, 2.05) is 0 Å². The van der Waals surface area contributed by atoms with Gasteiger partial charge in [0.1, 0.15) is 23.0 Å². The molecule has 0 N–H and O–H groups in total. The van der Waals surface area contributed by atoms with Crippen LogP contribution in [0.25, 0.3) is 34.7 Å². The highest BCUT2D eigenvalue weighted by molar-refractivity contribution is 5.91. The van der Waals surface area contributed by atoms with Gasteiger partial charge in [0.05, 0.1) is 24.3 Å². The van der Waals surface area contributed by atoms with Crippen molar-refractivity contribution in [2.45, 2.75) is 194 Å². The van der Waals surface area contributed by atoms with Crippen molar-refractivity contribution in [2.24, 2.45) is 0 Å². The fourth-order valence-electron chi connectivity index (χ4n) is 8.86. The van der Waals surface area contributed by atoms with Gasteiger partial charge in [0.2, 0.25) is 11.8 Å². The first-order chi connectivity index (χ1) is 36.5. The van der Waals surface area contributed by atoms with Gasteiger partial charge in [-0.2, -0.15) is 0 Å². The van der Waals surface area contributed by atoms with Gasteiger partial charge >= 0.3 is 23.7 Å². The molecule has 12 nitrogen and oxygen atoms in total. The lowest BCUT2D eigenvalue weighted by Gasteiger charge is -2.08. The zero-order valence-corrected chi connectivity index (χ0v) is 44.5. The summed E-state index contributed by atoms with van der Waals surface area (Å²) in [4.78, 5) is 25.8. The zero-order chi connectivity index (χ0) is 51.7. The van der Waals surface area contributed by atoms with E-state index in [9.17, 15) is 9.59 Å². The molecule has 0 saturated heterocycles. The van der Waals surface area contributed by atoms with Crippen molar-refractivity contribution < 1.29 is 37.4 Å². The highest BCUT2D eigenvalue weighted by Gasteiger charge is 2.19. The third kappa shape index (κ3) is 21.3. The Balaban J connectivity index is 0.829. The second-order valence-corrected chi connectivity index (χ2v) is 19.6. The van der Waals surface area contributed by atoms with Crippen LogP contribution < -0.4 is 18.9 Å². The van der Waals surface area contributed by atoms with E-state index in [0.29, 0.717) is 47.0 Å². The summed E-state index contributed by atoms with van der Waals surface area (Å²) in [7, 11) is 0. The molecule has 0 radical (unpaired) electrons. The van der Waals surface area contributed by atoms with Crippen LogP contribution in [0.4, 0.5) is 0 Å². The molecule has 0 atom stereocenters. The molecule has 6 aromatic rings. The minimum Gasteiger partial charge on any atom is -0.494 e. The molecule has 6 rings (SSSR count). The van der Waals surface area contributed by atoms with E-state index >= 15 is 0 Å². The molecule has 398 valence electrons. The first-order valence-electron chi connectivity index (χ1n) is 28.3. The van der Waals surface area contributed by atoms with Crippen LogP contribution >= 0.6 is 0 Å². The van der Waals surface area contributed by atoms with Crippen molar-refractivity contribution in [3.8, 4) is 57.7 Å². The summed E-state index contributed by atoms with van der Waals surface area (Å²) in [6, 6.07) is 27.5. The highest BCUT2D eigenvalue weighted by atomic mass is 16.5. The van der Waals surface area contributed by atoms with Gasteiger partial charge in [-0.1, -0.05) is 181 Å². The van der Waals surface area contributed by atoms with E-state index in [-0.39, 0.29) is 23.6 Å². The average molecular weight is 1010 g/mol. The SMILES string of the molecule is CCCCCCCCCCCCCCCCOc1ccc(C(=O)Oc2ccc(-c3nnc(-c4nnc(-c5ccc(OC(=O)c6ccc(OCCCCCCCCCCCCCCCC)cc6)cc5)o4)o3)cc2)cc1. The fourth-order valence-corrected chi connectivity index (χ4v) is 8.86. The Bertz CT molecular complexity index is 2260. The van der Waals surface area contributed by atoms with Gasteiger partial charge in [0.15, 0.2) is 0 Å². The molecule has 12 heteroatoms. The van der Waals surface area contributed by atoms with E-state index < -0.39 is 11.9 Å². The average Bonchev–Trinajstić information content (AvgIpc) is 4.13. The van der Waals surface area contributed by atoms with Gasteiger partial charge in [-0.15, -0.1) is 20.4 Å². The number of benzene rings is 4. The largest absolute Gasteiger partial charge is 0.494 e. The number of carbonyl (C=O) groups is 2. The van der Waals surface area contributed by atoms with Crippen LogP contribution in [0.3, 0.4) is 0 Å². The monoisotopic (exact) mass is 1010 g/mol. The van der Waals surface area contributed by atoms with Gasteiger partial charge in [-0.05, 0) is 110 Å². The van der Waals surface area contributed by atoms with E-state index in [1.54, 1.807) is 97.1 Å². The van der Waals surface area contributed by atoms with Gasteiger partial charge in [-0.3, -0.25) is 0 Å². The number of rotatable bonds is 39. The van der Waals surface area contributed by atoms with Crippen molar-refractivity contribution in [1.29, 1.82) is 0 Å².